The molecule has 22 heavy (non-hydrogen) atoms. The molecule has 1 amide bonds. The molecule has 1 fully saturated rings. The van der Waals surface area contributed by atoms with Gasteiger partial charge in [0.25, 0.3) is 0 Å². The molecule has 0 saturated heterocycles. The second-order valence-corrected chi connectivity index (χ2v) is 6.02. The Bertz CT molecular complexity index is 481. The number of aryl methyl sites for hydroxylation is 1. The standard InChI is InChI=1S/C17H26N2O2.ClH/c1-12-5-3-7-15(9-12)21-13(2)11-19-17(20)16-8-4-6-14(16)10-18;/h3,5,7,9,13-14,16H,4,6,8,10-11,18H2,1-2H3,(H,19,20);1H/t13?,14-,16-;/m1./s1. The molecule has 1 aliphatic rings. The van der Waals surface area contributed by atoms with Crippen molar-refractivity contribution in [3.8, 4) is 5.75 Å². The largest absolute Gasteiger partial charge is 0.489 e. The number of carbonyl (C=O) groups excluding carboxylic acids is 1. The summed E-state index contributed by atoms with van der Waals surface area (Å²) >= 11 is 0. The fourth-order valence-corrected chi connectivity index (χ4v) is 3.00. The first kappa shape index (κ1) is 18.8. The molecule has 1 aliphatic carbocycles. The van der Waals surface area contributed by atoms with Crippen molar-refractivity contribution in [1.29, 1.82) is 0 Å². The number of rotatable bonds is 6. The Labute approximate surface area is 139 Å². The second kappa shape index (κ2) is 9.01. The number of halogens is 1. The van der Waals surface area contributed by atoms with Gasteiger partial charge in [-0.2, -0.15) is 0 Å². The van der Waals surface area contributed by atoms with Crippen molar-refractivity contribution in [2.24, 2.45) is 17.6 Å². The Balaban J connectivity index is 0.00000242. The van der Waals surface area contributed by atoms with Gasteiger partial charge in [-0.25, -0.2) is 0 Å². The normalized spacial score (nSPS) is 21.8. The van der Waals surface area contributed by atoms with Crippen molar-refractivity contribution in [2.75, 3.05) is 13.1 Å². The van der Waals surface area contributed by atoms with E-state index in [1.165, 1.54) is 5.56 Å². The quantitative estimate of drug-likeness (QED) is 0.844. The smallest absolute Gasteiger partial charge is 0.223 e. The maximum absolute atomic E-state index is 12.2. The lowest BCUT2D eigenvalue weighted by Crippen LogP contribution is -2.39. The minimum atomic E-state index is -0.0477. The molecule has 0 aliphatic heterocycles. The van der Waals surface area contributed by atoms with E-state index in [-0.39, 0.29) is 30.3 Å². The summed E-state index contributed by atoms with van der Waals surface area (Å²) in [7, 11) is 0. The molecular weight excluding hydrogens is 300 g/mol. The van der Waals surface area contributed by atoms with Crippen molar-refractivity contribution in [1.82, 2.24) is 5.32 Å². The number of hydrogen-bond acceptors (Lipinski definition) is 3. The fourth-order valence-electron chi connectivity index (χ4n) is 3.00. The van der Waals surface area contributed by atoms with Crippen molar-refractivity contribution in [3.63, 3.8) is 0 Å². The van der Waals surface area contributed by atoms with E-state index in [2.05, 4.69) is 5.32 Å². The summed E-state index contributed by atoms with van der Waals surface area (Å²) in [6.45, 7) is 5.14. The number of nitrogens with one attached hydrogen (secondary N) is 1. The maximum atomic E-state index is 12.2. The Morgan fingerprint density at radius 2 is 2.23 bits per heavy atom. The molecule has 1 aromatic rings. The number of amides is 1. The first-order chi connectivity index (χ1) is 10.1. The average Bonchev–Trinajstić information content (AvgIpc) is 2.93. The molecule has 0 heterocycles. The maximum Gasteiger partial charge on any atom is 0.223 e. The van der Waals surface area contributed by atoms with Gasteiger partial charge < -0.3 is 15.8 Å². The van der Waals surface area contributed by atoms with Crippen LogP contribution in [0.5, 0.6) is 5.75 Å². The van der Waals surface area contributed by atoms with E-state index in [0.717, 1.165) is 25.0 Å². The number of carbonyl (C=O) groups is 1. The Kier molecular flexibility index (Phi) is 7.69. The molecule has 0 bridgehead atoms. The van der Waals surface area contributed by atoms with Crippen LogP contribution in [0.3, 0.4) is 0 Å². The van der Waals surface area contributed by atoms with Gasteiger partial charge in [0.2, 0.25) is 5.91 Å². The lowest BCUT2D eigenvalue weighted by molar-refractivity contribution is -0.126. The molecule has 3 N–H and O–H groups in total. The second-order valence-electron chi connectivity index (χ2n) is 6.02. The summed E-state index contributed by atoms with van der Waals surface area (Å²) in [5.41, 5.74) is 6.90. The molecule has 3 atom stereocenters. The van der Waals surface area contributed by atoms with E-state index < -0.39 is 0 Å². The van der Waals surface area contributed by atoms with Gasteiger partial charge in [-0.15, -0.1) is 12.4 Å². The van der Waals surface area contributed by atoms with E-state index in [4.69, 9.17) is 10.5 Å². The molecule has 4 nitrogen and oxygen atoms in total. The molecule has 0 spiro atoms. The summed E-state index contributed by atoms with van der Waals surface area (Å²) < 4.78 is 5.82. The molecule has 2 rings (SSSR count). The van der Waals surface area contributed by atoms with Gasteiger partial charge in [0, 0.05) is 5.92 Å². The van der Waals surface area contributed by atoms with Gasteiger partial charge in [-0.3, -0.25) is 4.79 Å². The van der Waals surface area contributed by atoms with Gasteiger partial charge in [0.1, 0.15) is 11.9 Å². The van der Waals surface area contributed by atoms with Crippen molar-refractivity contribution in [2.45, 2.75) is 39.2 Å². The molecule has 1 aromatic carbocycles. The van der Waals surface area contributed by atoms with Crippen LogP contribution in [0.1, 0.15) is 31.7 Å². The summed E-state index contributed by atoms with van der Waals surface area (Å²) in [4.78, 5) is 12.2. The van der Waals surface area contributed by atoms with Gasteiger partial charge in [-0.05, 0) is 56.8 Å². The zero-order valence-electron chi connectivity index (χ0n) is 13.4. The predicted octanol–water partition coefficient (Wildman–Crippen LogP) is 2.68. The molecule has 5 heteroatoms. The summed E-state index contributed by atoms with van der Waals surface area (Å²) in [5, 5.41) is 3.00. The summed E-state index contributed by atoms with van der Waals surface area (Å²) in [6.07, 6.45) is 3.09. The first-order valence-electron chi connectivity index (χ1n) is 7.81. The zero-order valence-corrected chi connectivity index (χ0v) is 14.2. The third-order valence-corrected chi connectivity index (χ3v) is 4.19. The number of benzene rings is 1. The van der Waals surface area contributed by atoms with Crippen LogP contribution in [0, 0.1) is 18.8 Å². The van der Waals surface area contributed by atoms with Gasteiger partial charge in [0.05, 0.1) is 6.54 Å². The monoisotopic (exact) mass is 326 g/mol. The van der Waals surface area contributed by atoms with E-state index in [9.17, 15) is 4.79 Å². The predicted molar refractivity (Wildman–Crippen MR) is 91.4 cm³/mol. The highest BCUT2D eigenvalue weighted by Gasteiger charge is 2.31. The highest BCUT2D eigenvalue weighted by Crippen LogP contribution is 2.30. The highest BCUT2D eigenvalue weighted by molar-refractivity contribution is 5.85. The van der Waals surface area contributed by atoms with Crippen LogP contribution in [-0.4, -0.2) is 25.1 Å². The fraction of sp³-hybridized carbons (Fsp3) is 0.588. The van der Waals surface area contributed by atoms with E-state index in [1.54, 1.807) is 0 Å². The Hall–Kier alpha value is -1.26. The third-order valence-electron chi connectivity index (χ3n) is 4.19. The van der Waals surface area contributed by atoms with Crippen LogP contribution in [0.15, 0.2) is 24.3 Å². The molecule has 1 saturated carbocycles. The minimum absolute atomic E-state index is 0. The molecular formula is C17H27ClN2O2. The molecule has 0 radical (unpaired) electrons. The van der Waals surface area contributed by atoms with Crippen molar-refractivity contribution < 1.29 is 9.53 Å². The number of nitrogens with two attached hydrogens (primary N) is 1. The van der Waals surface area contributed by atoms with Crippen LogP contribution in [0.2, 0.25) is 0 Å². The summed E-state index contributed by atoms with van der Waals surface area (Å²) in [6, 6.07) is 7.94. The van der Waals surface area contributed by atoms with Crippen molar-refractivity contribution >= 4 is 18.3 Å². The van der Waals surface area contributed by atoms with E-state index >= 15 is 0 Å². The molecule has 1 unspecified atom stereocenters. The zero-order chi connectivity index (χ0) is 15.2. The van der Waals surface area contributed by atoms with E-state index in [1.807, 2.05) is 38.1 Å². The third kappa shape index (κ3) is 5.18. The van der Waals surface area contributed by atoms with Crippen LogP contribution in [0.4, 0.5) is 0 Å². The Morgan fingerprint density at radius 3 is 2.91 bits per heavy atom. The van der Waals surface area contributed by atoms with Crippen LogP contribution >= 0.6 is 12.4 Å². The lowest BCUT2D eigenvalue weighted by Gasteiger charge is -2.20. The average molecular weight is 327 g/mol. The van der Waals surface area contributed by atoms with Gasteiger partial charge >= 0.3 is 0 Å². The van der Waals surface area contributed by atoms with Gasteiger partial charge in [0.15, 0.2) is 0 Å². The minimum Gasteiger partial charge on any atom is -0.489 e. The van der Waals surface area contributed by atoms with Crippen molar-refractivity contribution in [3.05, 3.63) is 29.8 Å². The number of hydrogen-bond donors (Lipinski definition) is 2. The molecule has 124 valence electrons. The first-order valence-corrected chi connectivity index (χ1v) is 7.81. The SMILES string of the molecule is Cc1cccc(OC(C)CNC(=O)[C@@H]2CCC[C@@H]2CN)c1.Cl. The lowest BCUT2D eigenvalue weighted by atomic mass is 9.95. The van der Waals surface area contributed by atoms with Crippen LogP contribution < -0.4 is 15.8 Å². The van der Waals surface area contributed by atoms with E-state index in [0.29, 0.717) is 19.0 Å². The number of ether oxygens (including phenoxy) is 1. The van der Waals surface area contributed by atoms with Crippen LogP contribution in [0.25, 0.3) is 0 Å². The molecule has 0 aromatic heterocycles. The Morgan fingerprint density at radius 1 is 1.45 bits per heavy atom. The van der Waals surface area contributed by atoms with Crippen LogP contribution in [-0.2, 0) is 4.79 Å². The van der Waals surface area contributed by atoms with Gasteiger partial charge in [-0.1, -0.05) is 18.6 Å². The topological polar surface area (TPSA) is 64.3 Å². The summed E-state index contributed by atoms with van der Waals surface area (Å²) in [5.74, 6) is 1.40. The highest BCUT2D eigenvalue weighted by atomic mass is 35.5.